The van der Waals surface area contributed by atoms with Crippen LogP contribution in [0.4, 0.5) is 5.69 Å². The van der Waals surface area contributed by atoms with Crippen LogP contribution < -0.4 is 10.2 Å². The van der Waals surface area contributed by atoms with Crippen molar-refractivity contribution in [3.8, 4) is 0 Å². The topological polar surface area (TPSA) is 82.2 Å². The number of fused-ring (bicyclic) bond motifs is 1. The lowest BCUT2D eigenvalue weighted by Gasteiger charge is -2.36. The van der Waals surface area contributed by atoms with E-state index in [9.17, 15) is 14.4 Å². The number of rotatable bonds is 6. The highest BCUT2D eigenvalue weighted by Crippen LogP contribution is 2.30. The molecule has 0 radical (unpaired) electrons. The van der Waals surface area contributed by atoms with Gasteiger partial charge in [-0.2, -0.15) is 27.0 Å². The summed E-state index contributed by atoms with van der Waals surface area (Å²) in [6, 6.07) is 7.29. The predicted molar refractivity (Wildman–Crippen MR) is 161 cm³/mol. The molecule has 3 saturated heterocycles. The van der Waals surface area contributed by atoms with Crippen molar-refractivity contribution in [3.63, 3.8) is 0 Å². The number of likely N-dealkylation sites (tertiary alicyclic amines) is 1. The molecule has 3 atom stereocenters. The molecule has 4 aliphatic rings. The Kier molecular flexibility index (Phi) is 11.2. The standard InChI is InChI=1S/C27H38N4O4.CH4.2H2S/c1-27(2,3)16-21(26(34)31-11-10-23-24(31)22(32)17-35-23)28-25(33)18-4-6-19(7-5-18)29-12-14-30(15-13-29)20-8-9-20;;;/h4-7,20-21,23-24H,8-17H2,1-3H3,(H,28,33);1H4;2*1H2/t21-,23+,24+;;;/m0.../s1. The number of nitrogens with zero attached hydrogens (tertiary/aromatic N) is 3. The van der Waals surface area contributed by atoms with E-state index < -0.39 is 12.1 Å². The predicted octanol–water partition coefficient (Wildman–Crippen LogP) is 2.94. The quantitative estimate of drug-likeness (QED) is 0.570. The first-order valence-electron chi connectivity index (χ1n) is 13.0. The van der Waals surface area contributed by atoms with Crippen LogP contribution in [0.15, 0.2) is 24.3 Å². The lowest BCUT2D eigenvalue weighted by Crippen LogP contribution is -2.53. The molecule has 1 aliphatic carbocycles. The maximum atomic E-state index is 13.5. The average Bonchev–Trinajstić information content (AvgIpc) is 3.50. The van der Waals surface area contributed by atoms with E-state index in [-0.39, 0.29) is 70.1 Å². The van der Waals surface area contributed by atoms with E-state index in [1.807, 2.05) is 45.0 Å². The molecular formula is C28H46N4O4S2. The van der Waals surface area contributed by atoms with Crippen LogP contribution in [0.1, 0.15) is 64.2 Å². The third-order valence-corrected chi connectivity index (χ3v) is 7.69. The van der Waals surface area contributed by atoms with Gasteiger partial charge in [0.2, 0.25) is 5.91 Å². The van der Waals surface area contributed by atoms with Gasteiger partial charge in [-0.3, -0.25) is 19.3 Å². The first kappa shape index (κ1) is 32.5. The molecule has 10 heteroatoms. The lowest BCUT2D eigenvalue weighted by atomic mass is 9.87. The fourth-order valence-corrected chi connectivity index (χ4v) is 5.70. The third kappa shape index (κ3) is 7.25. The fourth-order valence-electron chi connectivity index (χ4n) is 5.70. The van der Waals surface area contributed by atoms with Crippen LogP contribution in [0.2, 0.25) is 0 Å². The van der Waals surface area contributed by atoms with E-state index in [0.29, 0.717) is 24.9 Å². The molecule has 1 saturated carbocycles. The number of hydrogen-bond acceptors (Lipinski definition) is 6. The highest BCUT2D eigenvalue weighted by atomic mass is 32.1. The first-order valence-corrected chi connectivity index (χ1v) is 13.0. The van der Waals surface area contributed by atoms with Crippen molar-refractivity contribution in [2.24, 2.45) is 5.41 Å². The molecule has 3 aliphatic heterocycles. The van der Waals surface area contributed by atoms with Gasteiger partial charge in [-0.15, -0.1) is 0 Å². The summed E-state index contributed by atoms with van der Waals surface area (Å²) < 4.78 is 5.54. The summed E-state index contributed by atoms with van der Waals surface area (Å²) in [6.07, 6.45) is 3.62. The van der Waals surface area contributed by atoms with Gasteiger partial charge in [-0.25, -0.2) is 0 Å². The Balaban J connectivity index is 0.00000169. The van der Waals surface area contributed by atoms with Crippen LogP contribution >= 0.6 is 27.0 Å². The minimum atomic E-state index is -0.690. The zero-order valence-electron chi connectivity index (χ0n) is 22.2. The van der Waals surface area contributed by atoms with Crippen LogP contribution in [0.25, 0.3) is 0 Å². The van der Waals surface area contributed by atoms with Crippen LogP contribution in [-0.4, -0.2) is 91.0 Å². The number of hydrogen-bond donors (Lipinski definition) is 1. The van der Waals surface area contributed by atoms with Gasteiger partial charge in [0.1, 0.15) is 18.7 Å². The molecule has 5 rings (SSSR count). The van der Waals surface area contributed by atoms with Gasteiger partial charge in [0, 0.05) is 50.0 Å². The van der Waals surface area contributed by atoms with Gasteiger partial charge in [-0.05, 0) is 55.4 Å². The number of ether oxygens (including phenoxy) is 1. The zero-order valence-corrected chi connectivity index (χ0v) is 24.2. The van der Waals surface area contributed by atoms with Crippen molar-refractivity contribution in [3.05, 3.63) is 29.8 Å². The number of benzene rings is 1. The number of amides is 2. The molecule has 1 aromatic carbocycles. The smallest absolute Gasteiger partial charge is 0.251 e. The normalized spacial score (nSPS) is 24.0. The minimum Gasteiger partial charge on any atom is -0.369 e. The van der Waals surface area contributed by atoms with Crippen molar-refractivity contribution in [2.45, 2.75) is 78.1 Å². The van der Waals surface area contributed by atoms with E-state index in [2.05, 4.69) is 15.1 Å². The number of piperazine rings is 1. The number of Topliss-reactive ketones (excluding diaryl/α,β-unsaturated/α-hetero) is 1. The van der Waals surface area contributed by atoms with E-state index in [1.54, 1.807) is 4.90 Å². The summed E-state index contributed by atoms with van der Waals surface area (Å²) in [6.45, 7) is 10.9. The summed E-state index contributed by atoms with van der Waals surface area (Å²) in [5, 5.41) is 2.98. The summed E-state index contributed by atoms with van der Waals surface area (Å²) >= 11 is 0. The minimum absolute atomic E-state index is 0. The van der Waals surface area contributed by atoms with Crippen LogP contribution in [0, 0.1) is 5.41 Å². The first-order chi connectivity index (χ1) is 16.7. The van der Waals surface area contributed by atoms with Gasteiger partial charge < -0.3 is 19.9 Å². The van der Waals surface area contributed by atoms with E-state index in [4.69, 9.17) is 4.74 Å². The Morgan fingerprint density at radius 3 is 2.21 bits per heavy atom. The number of carbonyl (C=O) groups is 3. The Bertz CT molecular complexity index is 972. The summed E-state index contributed by atoms with van der Waals surface area (Å²) in [5.41, 5.74) is 1.49. The monoisotopic (exact) mass is 566 g/mol. The van der Waals surface area contributed by atoms with Crippen LogP contribution in [0.3, 0.4) is 0 Å². The molecule has 1 aromatic rings. The van der Waals surface area contributed by atoms with Gasteiger partial charge in [0.25, 0.3) is 5.91 Å². The molecular weight excluding hydrogens is 520 g/mol. The molecule has 3 heterocycles. The van der Waals surface area contributed by atoms with Gasteiger partial charge >= 0.3 is 0 Å². The van der Waals surface area contributed by atoms with Crippen molar-refractivity contribution in [1.29, 1.82) is 0 Å². The highest BCUT2D eigenvalue weighted by Gasteiger charge is 2.48. The summed E-state index contributed by atoms with van der Waals surface area (Å²) in [7, 11) is 0. The Hall–Kier alpha value is -1.75. The maximum absolute atomic E-state index is 13.5. The van der Waals surface area contributed by atoms with Gasteiger partial charge in [0.05, 0.1) is 6.10 Å². The summed E-state index contributed by atoms with van der Waals surface area (Å²) in [5.74, 6) is -0.498. The second-order valence-corrected chi connectivity index (χ2v) is 11.7. The Morgan fingerprint density at radius 1 is 1.00 bits per heavy atom. The Morgan fingerprint density at radius 2 is 1.63 bits per heavy atom. The van der Waals surface area contributed by atoms with Crippen molar-refractivity contribution in [1.82, 2.24) is 15.1 Å². The summed E-state index contributed by atoms with van der Waals surface area (Å²) in [4.78, 5) is 45.6. The van der Waals surface area contributed by atoms with E-state index in [1.165, 1.54) is 12.8 Å². The molecule has 214 valence electrons. The maximum Gasteiger partial charge on any atom is 0.251 e. The van der Waals surface area contributed by atoms with Crippen molar-refractivity contribution < 1.29 is 19.1 Å². The third-order valence-electron chi connectivity index (χ3n) is 7.69. The number of carbonyl (C=O) groups excluding carboxylic acids is 3. The van der Waals surface area contributed by atoms with E-state index in [0.717, 1.165) is 37.9 Å². The molecule has 2 amide bonds. The second-order valence-electron chi connectivity index (χ2n) is 11.7. The molecule has 0 unspecified atom stereocenters. The average molecular weight is 567 g/mol. The fraction of sp³-hybridized carbons (Fsp3) is 0.679. The second kappa shape index (κ2) is 13.1. The highest BCUT2D eigenvalue weighted by molar-refractivity contribution is 7.59. The van der Waals surface area contributed by atoms with Crippen molar-refractivity contribution in [2.75, 3.05) is 44.2 Å². The van der Waals surface area contributed by atoms with Gasteiger partial charge in [0.15, 0.2) is 5.78 Å². The van der Waals surface area contributed by atoms with Gasteiger partial charge in [-0.1, -0.05) is 28.2 Å². The molecule has 0 aromatic heterocycles. The molecule has 38 heavy (non-hydrogen) atoms. The van der Waals surface area contributed by atoms with Crippen LogP contribution in [-0.2, 0) is 14.3 Å². The van der Waals surface area contributed by atoms with Crippen molar-refractivity contribution >= 4 is 50.3 Å². The number of anilines is 1. The molecule has 4 fully saturated rings. The molecule has 1 N–H and O–H groups in total. The number of ketones is 1. The Labute approximate surface area is 241 Å². The largest absolute Gasteiger partial charge is 0.369 e. The number of nitrogens with one attached hydrogen (secondary N) is 1. The zero-order chi connectivity index (χ0) is 24.7. The van der Waals surface area contributed by atoms with Crippen LogP contribution in [0.5, 0.6) is 0 Å². The van der Waals surface area contributed by atoms with E-state index >= 15 is 0 Å². The molecule has 8 nitrogen and oxygen atoms in total. The molecule has 0 bridgehead atoms. The molecule has 0 spiro atoms. The lowest BCUT2D eigenvalue weighted by molar-refractivity contribution is -0.138. The SMILES string of the molecule is C.CC(C)(C)C[C@H](NC(=O)c1ccc(N2CCN(C3CC3)CC2)cc1)C(=O)N1CC[C@H]2OCC(=O)[C@H]21.S.S.